The van der Waals surface area contributed by atoms with Crippen molar-refractivity contribution in [2.45, 2.75) is 32.4 Å². The molecule has 0 unspecified atom stereocenters. The lowest BCUT2D eigenvalue weighted by molar-refractivity contribution is -0.137. The van der Waals surface area contributed by atoms with Gasteiger partial charge in [-0.1, -0.05) is 61.8 Å². The molecule has 0 amide bonds. The first-order chi connectivity index (χ1) is 15.4. The standard InChI is InChI=1S/C23H18ClF3N4O2/c1-22(2,3)14-6-4-13(5-7-14)20-11-18(31-33-20)21(32)19(12-28)30-29-17-9-15(23(25,26)27)8-16(24)10-17/h4-11,29H,1-3H3/b30-19+. The summed E-state index contributed by atoms with van der Waals surface area (Å²) in [4.78, 5) is 12.6. The number of aromatic nitrogens is 1. The second-order valence-corrected chi connectivity index (χ2v) is 8.58. The number of rotatable bonds is 5. The highest BCUT2D eigenvalue weighted by Gasteiger charge is 2.31. The Morgan fingerprint density at radius 1 is 1.09 bits per heavy atom. The smallest absolute Gasteiger partial charge is 0.356 e. The number of nitrogens with one attached hydrogen (secondary N) is 1. The monoisotopic (exact) mass is 474 g/mol. The van der Waals surface area contributed by atoms with Gasteiger partial charge in [0.25, 0.3) is 0 Å². The molecule has 10 heteroatoms. The van der Waals surface area contributed by atoms with Crippen molar-refractivity contribution in [3.8, 4) is 17.4 Å². The van der Waals surface area contributed by atoms with Gasteiger partial charge in [-0.05, 0) is 29.2 Å². The van der Waals surface area contributed by atoms with Gasteiger partial charge in [-0.25, -0.2) is 0 Å². The van der Waals surface area contributed by atoms with Crippen LogP contribution in [0.5, 0.6) is 0 Å². The predicted molar refractivity (Wildman–Crippen MR) is 118 cm³/mol. The van der Waals surface area contributed by atoms with E-state index in [4.69, 9.17) is 16.1 Å². The number of hydrogen-bond donors (Lipinski definition) is 1. The van der Waals surface area contributed by atoms with Gasteiger partial charge in [-0.15, -0.1) is 0 Å². The molecule has 33 heavy (non-hydrogen) atoms. The van der Waals surface area contributed by atoms with E-state index in [1.54, 1.807) is 6.07 Å². The average Bonchev–Trinajstić information content (AvgIpc) is 3.23. The second-order valence-electron chi connectivity index (χ2n) is 8.14. The molecule has 2 aromatic carbocycles. The average molecular weight is 475 g/mol. The van der Waals surface area contributed by atoms with Crippen molar-refractivity contribution >= 4 is 28.8 Å². The van der Waals surface area contributed by atoms with E-state index in [0.717, 1.165) is 17.7 Å². The van der Waals surface area contributed by atoms with Crippen molar-refractivity contribution in [1.82, 2.24) is 5.16 Å². The zero-order valence-electron chi connectivity index (χ0n) is 17.8. The van der Waals surface area contributed by atoms with Gasteiger partial charge in [0.2, 0.25) is 11.5 Å². The van der Waals surface area contributed by atoms with Crippen LogP contribution in [0.4, 0.5) is 18.9 Å². The highest BCUT2D eigenvalue weighted by Crippen LogP contribution is 2.33. The summed E-state index contributed by atoms with van der Waals surface area (Å²) >= 11 is 5.72. The summed E-state index contributed by atoms with van der Waals surface area (Å²) in [5, 5.41) is 16.4. The van der Waals surface area contributed by atoms with E-state index in [-0.39, 0.29) is 21.8 Å². The zero-order chi connectivity index (χ0) is 24.4. The minimum absolute atomic E-state index is 0.0317. The molecule has 1 heterocycles. The molecule has 0 spiro atoms. The lowest BCUT2D eigenvalue weighted by Gasteiger charge is -2.18. The number of hydrogen-bond acceptors (Lipinski definition) is 6. The number of ketones is 1. The number of carbonyl (C=O) groups is 1. The molecule has 0 bridgehead atoms. The fourth-order valence-corrected chi connectivity index (χ4v) is 3.07. The Balaban J connectivity index is 1.81. The molecule has 3 aromatic rings. The normalized spacial score (nSPS) is 12.4. The van der Waals surface area contributed by atoms with E-state index >= 15 is 0 Å². The first-order valence-electron chi connectivity index (χ1n) is 9.62. The number of carbonyl (C=O) groups excluding carboxylic acids is 1. The summed E-state index contributed by atoms with van der Waals surface area (Å²) in [5.74, 6) is -0.543. The third-order valence-corrected chi connectivity index (χ3v) is 4.84. The van der Waals surface area contributed by atoms with Crippen LogP contribution in [0.2, 0.25) is 5.02 Å². The topological polar surface area (TPSA) is 91.3 Å². The highest BCUT2D eigenvalue weighted by molar-refractivity contribution is 6.51. The fourth-order valence-electron chi connectivity index (χ4n) is 2.84. The van der Waals surface area contributed by atoms with Crippen LogP contribution in [0.3, 0.4) is 0 Å². The van der Waals surface area contributed by atoms with Gasteiger partial charge in [-0.2, -0.15) is 23.5 Å². The quantitative estimate of drug-likeness (QED) is 0.259. The molecule has 0 atom stereocenters. The van der Waals surface area contributed by atoms with Gasteiger partial charge in [-0.3, -0.25) is 10.2 Å². The molecule has 0 aliphatic rings. The Kier molecular flexibility index (Phi) is 6.60. The summed E-state index contributed by atoms with van der Waals surface area (Å²) in [7, 11) is 0. The number of nitrogens with zero attached hydrogens (tertiary/aromatic N) is 3. The Morgan fingerprint density at radius 3 is 2.33 bits per heavy atom. The van der Waals surface area contributed by atoms with Gasteiger partial charge in [0.15, 0.2) is 11.5 Å². The molecule has 6 nitrogen and oxygen atoms in total. The molecule has 1 aromatic heterocycles. The molecule has 0 radical (unpaired) electrons. The van der Waals surface area contributed by atoms with Crippen molar-refractivity contribution < 1.29 is 22.5 Å². The SMILES string of the molecule is CC(C)(C)c1ccc(-c2cc(C(=O)/C(C#N)=N/Nc3cc(Cl)cc(C(F)(F)F)c3)no2)cc1. The molecular formula is C23H18ClF3N4O2. The Morgan fingerprint density at radius 2 is 1.76 bits per heavy atom. The molecule has 3 rings (SSSR count). The van der Waals surface area contributed by atoms with Crippen LogP contribution >= 0.6 is 11.6 Å². The highest BCUT2D eigenvalue weighted by atomic mass is 35.5. The summed E-state index contributed by atoms with van der Waals surface area (Å²) in [6, 6.07) is 13.2. The van der Waals surface area contributed by atoms with Crippen LogP contribution in [-0.2, 0) is 11.6 Å². The fraction of sp³-hybridized carbons (Fsp3) is 0.217. The maximum Gasteiger partial charge on any atom is 0.416 e. The number of anilines is 1. The number of nitriles is 1. The van der Waals surface area contributed by atoms with Gasteiger partial charge in [0.1, 0.15) is 6.07 Å². The number of alkyl halides is 3. The summed E-state index contributed by atoms with van der Waals surface area (Å²) in [5.41, 5.74) is 2.09. The van der Waals surface area contributed by atoms with E-state index in [0.29, 0.717) is 11.3 Å². The summed E-state index contributed by atoms with van der Waals surface area (Å²) < 4.78 is 44.0. The van der Waals surface area contributed by atoms with Crippen LogP contribution in [-0.4, -0.2) is 16.7 Å². The molecule has 0 saturated carbocycles. The molecule has 0 fully saturated rings. The Bertz CT molecular complexity index is 1250. The van der Waals surface area contributed by atoms with Gasteiger partial charge < -0.3 is 4.52 Å². The first kappa shape index (κ1) is 24.0. The molecule has 0 saturated heterocycles. The Labute approximate surface area is 192 Å². The predicted octanol–water partition coefficient (Wildman–Crippen LogP) is 6.49. The molecule has 0 aliphatic carbocycles. The molecule has 0 aliphatic heterocycles. The van der Waals surface area contributed by atoms with Crippen LogP contribution in [0.25, 0.3) is 11.3 Å². The molecule has 1 N–H and O–H groups in total. The van der Waals surface area contributed by atoms with Gasteiger partial charge in [0.05, 0.1) is 11.3 Å². The molecule has 170 valence electrons. The third-order valence-electron chi connectivity index (χ3n) is 4.62. The maximum atomic E-state index is 12.9. The first-order valence-corrected chi connectivity index (χ1v) is 10.00. The van der Waals surface area contributed by atoms with E-state index in [1.165, 1.54) is 12.1 Å². The number of benzene rings is 2. The lowest BCUT2D eigenvalue weighted by atomic mass is 9.86. The third kappa shape index (κ3) is 5.79. The number of Topliss-reactive ketones (excluding diaryl/α,β-unsaturated/α-hetero) is 1. The van der Waals surface area contributed by atoms with E-state index in [1.807, 2.05) is 24.3 Å². The largest absolute Gasteiger partial charge is 0.416 e. The summed E-state index contributed by atoms with van der Waals surface area (Å²) in [6.45, 7) is 6.24. The van der Waals surface area contributed by atoms with Crippen molar-refractivity contribution in [2.24, 2.45) is 5.10 Å². The minimum atomic E-state index is -4.62. The summed E-state index contributed by atoms with van der Waals surface area (Å²) in [6.07, 6.45) is -4.62. The second kappa shape index (κ2) is 9.08. The van der Waals surface area contributed by atoms with Crippen molar-refractivity contribution in [2.75, 3.05) is 5.43 Å². The van der Waals surface area contributed by atoms with E-state index in [2.05, 4.69) is 36.5 Å². The van der Waals surface area contributed by atoms with Crippen LogP contribution in [0, 0.1) is 11.3 Å². The van der Waals surface area contributed by atoms with Crippen LogP contribution < -0.4 is 5.43 Å². The number of halogens is 4. The maximum absolute atomic E-state index is 12.9. The van der Waals surface area contributed by atoms with Crippen molar-refractivity contribution in [3.63, 3.8) is 0 Å². The number of hydrazone groups is 1. The minimum Gasteiger partial charge on any atom is -0.356 e. The van der Waals surface area contributed by atoms with Gasteiger partial charge >= 0.3 is 6.18 Å². The van der Waals surface area contributed by atoms with E-state index in [9.17, 15) is 23.2 Å². The van der Waals surface area contributed by atoms with Crippen molar-refractivity contribution in [1.29, 1.82) is 5.26 Å². The zero-order valence-corrected chi connectivity index (χ0v) is 18.5. The Hall–Kier alpha value is -3.64. The lowest BCUT2D eigenvalue weighted by Crippen LogP contribution is -2.14. The van der Waals surface area contributed by atoms with Crippen LogP contribution in [0.15, 0.2) is 58.2 Å². The van der Waals surface area contributed by atoms with E-state index < -0.39 is 23.2 Å². The molecular weight excluding hydrogens is 457 g/mol. The van der Waals surface area contributed by atoms with Gasteiger partial charge in [0, 0.05) is 16.7 Å². The van der Waals surface area contributed by atoms with Crippen LogP contribution in [0.1, 0.15) is 42.4 Å². The van der Waals surface area contributed by atoms with Crippen molar-refractivity contribution in [3.05, 3.63) is 70.4 Å².